The van der Waals surface area contributed by atoms with Crippen LogP contribution in [0, 0.1) is 5.92 Å². The van der Waals surface area contributed by atoms with Crippen molar-refractivity contribution in [2.45, 2.75) is 26.8 Å². The molecule has 0 atom stereocenters. The van der Waals surface area contributed by atoms with Crippen molar-refractivity contribution in [1.29, 1.82) is 0 Å². The van der Waals surface area contributed by atoms with Gasteiger partial charge >= 0.3 is 5.69 Å². The van der Waals surface area contributed by atoms with E-state index in [1.54, 1.807) is 11.6 Å². The quantitative estimate of drug-likeness (QED) is 0.644. The van der Waals surface area contributed by atoms with Crippen LogP contribution in [0.25, 0.3) is 11.2 Å². The third kappa shape index (κ3) is 2.99. The Balaban J connectivity index is 2.61. The second-order valence-electron chi connectivity index (χ2n) is 5.43. The topological polar surface area (TPSA) is 105 Å². The largest absolute Gasteiger partial charge is 0.396 e. The Bertz CT molecular complexity index is 741. The van der Waals surface area contributed by atoms with Crippen molar-refractivity contribution in [1.82, 2.24) is 19.1 Å². The minimum atomic E-state index is -0.483. The van der Waals surface area contributed by atoms with E-state index in [0.717, 1.165) is 0 Å². The van der Waals surface area contributed by atoms with Gasteiger partial charge in [0.1, 0.15) is 0 Å². The summed E-state index contributed by atoms with van der Waals surface area (Å²) in [6.45, 7) is 5.32. The van der Waals surface area contributed by atoms with Crippen molar-refractivity contribution in [3.63, 3.8) is 0 Å². The molecule has 0 bridgehead atoms. The first-order valence-corrected chi connectivity index (χ1v) is 7.00. The Hall–Kier alpha value is -2.09. The van der Waals surface area contributed by atoms with Gasteiger partial charge in [-0.2, -0.15) is 4.98 Å². The highest BCUT2D eigenvalue weighted by Crippen LogP contribution is 2.17. The highest BCUT2D eigenvalue weighted by atomic mass is 16.3. The SMILES string of the molecule is CC(C)Cn1c(NCCCO)nc2c1c(=O)[nH]c(=O)n2C. The number of imidazole rings is 1. The van der Waals surface area contributed by atoms with E-state index in [-0.39, 0.29) is 6.61 Å². The van der Waals surface area contributed by atoms with Gasteiger partial charge < -0.3 is 15.0 Å². The molecule has 3 N–H and O–H groups in total. The lowest BCUT2D eigenvalue weighted by molar-refractivity contribution is 0.292. The second-order valence-corrected chi connectivity index (χ2v) is 5.43. The molecule has 2 aromatic rings. The molecule has 0 saturated heterocycles. The zero-order valence-electron chi connectivity index (χ0n) is 12.5. The summed E-state index contributed by atoms with van der Waals surface area (Å²) in [5.41, 5.74) is -0.173. The molecule has 2 heterocycles. The number of anilines is 1. The summed E-state index contributed by atoms with van der Waals surface area (Å²) in [5, 5.41) is 12.0. The summed E-state index contributed by atoms with van der Waals surface area (Å²) >= 11 is 0. The molecule has 0 aliphatic heterocycles. The third-order valence-corrected chi connectivity index (χ3v) is 3.17. The van der Waals surface area contributed by atoms with Gasteiger partial charge in [-0.15, -0.1) is 0 Å². The molecule has 0 radical (unpaired) electrons. The standard InChI is InChI=1S/C13H21N5O3/c1-8(2)7-18-9-10(15-12(18)14-5-4-6-19)17(3)13(21)16-11(9)20/h8,19H,4-7H2,1-3H3,(H,14,15)(H,16,20,21). The minimum Gasteiger partial charge on any atom is -0.396 e. The molecule has 0 fully saturated rings. The number of nitrogens with one attached hydrogen (secondary N) is 2. The molecule has 0 saturated carbocycles. The van der Waals surface area contributed by atoms with E-state index in [1.165, 1.54) is 4.57 Å². The molecule has 2 rings (SSSR count). The van der Waals surface area contributed by atoms with Crippen LogP contribution in [0.1, 0.15) is 20.3 Å². The van der Waals surface area contributed by atoms with Crippen LogP contribution in [-0.4, -0.2) is 37.4 Å². The monoisotopic (exact) mass is 295 g/mol. The normalized spacial score (nSPS) is 11.5. The summed E-state index contributed by atoms with van der Waals surface area (Å²) in [5.74, 6) is 0.858. The fourth-order valence-electron chi connectivity index (χ4n) is 2.19. The van der Waals surface area contributed by atoms with Crippen LogP contribution in [0.3, 0.4) is 0 Å². The molecule has 0 unspecified atom stereocenters. The Morgan fingerprint density at radius 1 is 1.38 bits per heavy atom. The number of aliphatic hydroxyl groups is 1. The Morgan fingerprint density at radius 2 is 2.10 bits per heavy atom. The van der Waals surface area contributed by atoms with Gasteiger partial charge in [0, 0.05) is 26.7 Å². The number of aliphatic hydroxyl groups excluding tert-OH is 1. The zero-order chi connectivity index (χ0) is 15.6. The average molecular weight is 295 g/mol. The predicted molar refractivity (Wildman–Crippen MR) is 80.6 cm³/mol. The average Bonchev–Trinajstić information content (AvgIpc) is 2.75. The molecule has 116 valence electrons. The van der Waals surface area contributed by atoms with Crippen molar-refractivity contribution in [2.24, 2.45) is 13.0 Å². The molecule has 0 amide bonds. The van der Waals surface area contributed by atoms with Gasteiger partial charge in [0.25, 0.3) is 5.56 Å². The van der Waals surface area contributed by atoms with Gasteiger partial charge in [0.05, 0.1) is 0 Å². The zero-order valence-corrected chi connectivity index (χ0v) is 12.5. The Morgan fingerprint density at radius 3 is 2.71 bits per heavy atom. The van der Waals surface area contributed by atoms with E-state index in [9.17, 15) is 9.59 Å². The number of aromatic nitrogens is 4. The lowest BCUT2D eigenvalue weighted by Crippen LogP contribution is -2.29. The Kier molecular flexibility index (Phi) is 4.46. The van der Waals surface area contributed by atoms with E-state index in [4.69, 9.17) is 5.11 Å². The van der Waals surface area contributed by atoms with E-state index in [0.29, 0.717) is 42.5 Å². The van der Waals surface area contributed by atoms with E-state index in [2.05, 4.69) is 15.3 Å². The van der Waals surface area contributed by atoms with Gasteiger partial charge in [-0.25, -0.2) is 4.79 Å². The fraction of sp³-hybridized carbons (Fsp3) is 0.615. The van der Waals surface area contributed by atoms with Gasteiger partial charge in [0.2, 0.25) is 5.95 Å². The molecule has 0 aliphatic carbocycles. The minimum absolute atomic E-state index is 0.0798. The third-order valence-electron chi connectivity index (χ3n) is 3.17. The predicted octanol–water partition coefficient (Wildman–Crippen LogP) is -0.126. The highest BCUT2D eigenvalue weighted by molar-refractivity contribution is 5.74. The Labute approximate surface area is 121 Å². The molecule has 8 nitrogen and oxygen atoms in total. The number of rotatable bonds is 6. The van der Waals surface area contributed by atoms with Crippen LogP contribution in [0.15, 0.2) is 9.59 Å². The van der Waals surface area contributed by atoms with Gasteiger partial charge in [-0.05, 0) is 12.3 Å². The number of hydrogen-bond donors (Lipinski definition) is 3. The summed E-state index contributed by atoms with van der Waals surface area (Å²) in [4.78, 5) is 30.4. The van der Waals surface area contributed by atoms with Crippen LogP contribution < -0.4 is 16.6 Å². The van der Waals surface area contributed by atoms with Gasteiger partial charge in [0.15, 0.2) is 11.2 Å². The maximum absolute atomic E-state index is 12.1. The number of hydrogen-bond acceptors (Lipinski definition) is 5. The molecule has 2 aromatic heterocycles. The summed E-state index contributed by atoms with van der Waals surface area (Å²) in [6, 6.07) is 0. The number of aromatic amines is 1. The lowest BCUT2D eigenvalue weighted by Gasteiger charge is -2.12. The van der Waals surface area contributed by atoms with Crippen molar-refractivity contribution in [2.75, 3.05) is 18.5 Å². The molecule has 8 heteroatoms. The van der Waals surface area contributed by atoms with Crippen molar-refractivity contribution >= 4 is 17.1 Å². The summed E-state index contributed by atoms with van der Waals surface area (Å²) in [7, 11) is 1.57. The number of aryl methyl sites for hydroxylation is 1. The number of fused-ring (bicyclic) bond motifs is 1. The van der Waals surface area contributed by atoms with Crippen molar-refractivity contribution in [3.8, 4) is 0 Å². The van der Waals surface area contributed by atoms with E-state index in [1.807, 2.05) is 13.8 Å². The van der Waals surface area contributed by atoms with Crippen molar-refractivity contribution in [3.05, 3.63) is 20.8 Å². The summed E-state index contributed by atoms with van der Waals surface area (Å²) < 4.78 is 3.11. The first-order chi connectivity index (χ1) is 9.95. The number of H-pyrrole nitrogens is 1. The van der Waals surface area contributed by atoms with Crippen LogP contribution in [0.5, 0.6) is 0 Å². The second kappa shape index (κ2) is 6.13. The highest BCUT2D eigenvalue weighted by Gasteiger charge is 2.17. The van der Waals surface area contributed by atoms with Crippen LogP contribution in [0.2, 0.25) is 0 Å². The maximum Gasteiger partial charge on any atom is 0.329 e. The lowest BCUT2D eigenvalue weighted by atomic mass is 10.2. The molecular weight excluding hydrogens is 274 g/mol. The van der Waals surface area contributed by atoms with E-state index >= 15 is 0 Å². The molecular formula is C13H21N5O3. The van der Waals surface area contributed by atoms with Crippen LogP contribution in [-0.2, 0) is 13.6 Å². The maximum atomic E-state index is 12.1. The van der Waals surface area contributed by atoms with Gasteiger partial charge in [-0.1, -0.05) is 13.8 Å². The first kappa shape index (κ1) is 15.3. The van der Waals surface area contributed by atoms with Gasteiger partial charge in [-0.3, -0.25) is 14.3 Å². The number of nitrogens with zero attached hydrogens (tertiary/aromatic N) is 3. The first-order valence-electron chi connectivity index (χ1n) is 7.00. The van der Waals surface area contributed by atoms with Crippen LogP contribution >= 0.6 is 0 Å². The molecule has 0 aliphatic rings. The molecule has 21 heavy (non-hydrogen) atoms. The molecule has 0 aromatic carbocycles. The molecule has 0 spiro atoms. The van der Waals surface area contributed by atoms with Crippen LogP contribution in [0.4, 0.5) is 5.95 Å². The van der Waals surface area contributed by atoms with Crippen molar-refractivity contribution < 1.29 is 5.11 Å². The smallest absolute Gasteiger partial charge is 0.329 e. The summed E-state index contributed by atoms with van der Waals surface area (Å²) in [6.07, 6.45) is 0.584. The van der Waals surface area contributed by atoms with E-state index < -0.39 is 11.2 Å². The fourth-order valence-corrected chi connectivity index (χ4v) is 2.19.